The van der Waals surface area contributed by atoms with E-state index in [0.717, 1.165) is 15.8 Å². The predicted octanol–water partition coefficient (Wildman–Crippen LogP) is 5.45. The van der Waals surface area contributed by atoms with Crippen LogP contribution in [-0.2, 0) is 11.2 Å². The molecule has 6 nitrogen and oxygen atoms in total. The average molecular weight is 472 g/mol. The molecule has 0 aromatic heterocycles. The van der Waals surface area contributed by atoms with Gasteiger partial charge in [0.05, 0.1) is 27.8 Å². The van der Waals surface area contributed by atoms with Crippen molar-refractivity contribution in [3.63, 3.8) is 0 Å². The number of methoxy groups -OCH3 is 3. The smallest absolute Gasteiger partial charge is 0.228 e. The van der Waals surface area contributed by atoms with Crippen LogP contribution < -0.4 is 24.3 Å². The first-order valence-corrected chi connectivity index (χ1v) is 9.94. The Hall–Kier alpha value is -3.19. The Morgan fingerprint density at radius 2 is 1.37 bits per heavy atom. The van der Waals surface area contributed by atoms with E-state index >= 15 is 0 Å². The van der Waals surface area contributed by atoms with Crippen LogP contribution in [0.3, 0.4) is 0 Å². The number of ether oxygens (including phenoxy) is 4. The molecule has 0 aliphatic carbocycles. The van der Waals surface area contributed by atoms with Crippen LogP contribution in [0.25, 0.3) is 0 Å². The summed E-state index contributed by atoms with van der Waals surface area (Å²) in [5, 5.41) is 2.88. The van der Waals surface area contributed by atoms with Crippen molar-refractivity contribution in [3.8, 4) is 28.7 Å². The van der Waals surface area contributed by atoms with Gasteiger partial charge in [0, 0.05) is 10.2 Å². The predicted molar refractivity (Wildman–Crippen MR) is 119 cm³/mol. The lowest BCUT2D eigenvalue weighted by Crippen LogP contribution is -2.14. The Morgan fingerprint density at radius 1 is 0.833 bits per heavy atom. The minimum absolute atomic E-state index is 0.161. The molecule has 7 heteroatoms. The largest absolute Gasteiger partial charge is 0.493 e. The quantitative estimate of drug-likeness (QED) is 0.473. The summed E-state index contributed by atoms with van der Waals surface area (Å²) in [6.07, 6.45) is 0.161. The van der Waals surface area contributed by atoms with Crippen LogP contribution in [0.5, 0.6) is 28.7 Å². The normalized spacial score (nSPS) is 10.3. The topological polar surface area (TPSA) is 66.0 Å². The van der Waals surface area contributed by atoms with Gasteiger partial charge in [0.15, 0.2) is 11.5 Å². The molecule has 0 aliphatic rings. The Balaban J connectivity index is 1.64. The van der Waals surface area contributed by atoms with Gasteiger partial charge in [-0.25, -0.2) is 0 Å². The van der Waals surface area contributed by atoms with Crippen LogP contribution in [0, 0.1) is 0 Å². The molecule has 3 aromatic carbocycles. The third-order valence-electron chi connectivity index (χ3n) is 4.28. The average Bonchev–Trinajstić information content (AvgIpc) is 2.75. The molecule has 0 fully saturated rings. The van der Waals surface area contributed by atoms with Crippen LogP contribution in [0.15, 0.2) is 65.1 Å². The third-order valence-corrected chi connectivity index (χ3v) is 4.81. The van der Waals surface area contributed by atoms with Crippen LogP contribution in [-0.4, -0.2) is 27.2 Å². The van der Waals surface area contributed by atoms with Crippen molar-refractivity contribution in [1.82, 2.24) is 0 Å². The van der Waals surface area contributed by atoms with Crippen molar-refractivity contribution < 1.29 is 23.7 Å². The maximum Gasteiger partial charge on any atom is 0.228 e. The maximum absolute atomic E-state index is 12.5. The summed E-state index contributed by atoms with van der Waals surface area (Å²) in [5.74, 6) is 2.76. The molecule has 1 amide bonds. The lowest BCUT2D eigenvalue weighted by Gasteiger charge is -2.14. The third kappa shape index (κ3) is 5.45. The number of hydrogen-bond acceptors (Lipinski definition) is 5. The molecule has 0 bridgehead atoms. The van der Waals surface area contributed by atoms with Crippen molar-refractivity contribution in [1.29, 1.82) is 0 Å². The van der Waals surface area contributed by atoms with Gasteiger partial charge < -0.3 is 24.3 Å². The molecule has 0 unspecified atom stereocenters. The highest BCUT2D eigenvalue weighted by Crippen LogP contribution is 2.38. The molecule has 1 N–H and O–H groups in total. The second-order valence-electron chi connectivity index (χ2n) is 6.34. The van der Waals surface area contributed by atoms with Crippen LogP contribution in [0.2, 0.25) is 0 Å². The molecule has 0 saturated heterocycles. The van der Waals surface area contributed by atoms with E-state index in [1.165, 1.54) is 7.11 Å². The SMILES string of the molecule is COc1cc(CC(=O)Nc2ccc(Oc3ccc(Br)cc3)cc2)cc(OC)c1OC. The number of benzene rings is 3. The van der Waals surface area contributed by atoms with Gasteiger partial charge in [-0.15, -0.1) is 0 Å². The van der Waals surface area contributed by atoms with E-state index in [9.17, 15) is 4.79 Å². The van der Waals surface area contributed by atoms with Gasteiger partial charge >= 0.3 is 0 Å². The van der Waals surface area contributed by atoms with Crippen LogP contribution in [0.4, 0.5) is 5.69 Å². The number of amides is 1. The maximum atomic E-state index is 12.5. The number of carbonyl (C=O) groups excluding carboxylic acids is 1. The second-order valence-corrected chi connectivity index (χ2v) is 7.25. The molecule has 0 heterocycles. The number of nitrogens with one attached hydrogen (secondary N) is 1. The Kier molecular flexibility index (Phi) is 7.19. The Labute approximate surface area is 183 Å². The summed E-state index contributed by atoms with van der Waals surface area (Å²) in [6.45, 7) is 0. The van der Waals surface area contributed by atoms with E-state index in [4.69, 9.17) is 18.9 Å². The molecule has 0 atom stereocenters. The monoisotopic (exact) mass is 471 g/mol. The lowest BCUT2D eigenvalue weighted by atomic mass is 10.1. The molecule has 0 aliphatic heterocycles. The summed E-state index contributed by atoms with van der Waals surface area (Å²) in [4.78, 5) is 12.5. The van der Waals surface area contributed by atoms with Gasteiger partial charge in [-0.3, -0.25) is 4.79 Å². The number of rotatable bonds is 8. The van der Waals surface area contributed by atoms with E-state index in [1.807, 2.05) is 24.3 Å². The lowest BCUT2D eigenvalue weighted by molar-refractivity contribution is -0.115. The fourth-order valence-electron chi connectivity index (χ4n) is 2.87. The standard InChI is InChI=1S/C23H22BrNO5/c1-27-20-12-15(13-21(28-2)23(20)29-3)14-22(26)25-17-6-10-19(11-7-17)30-18-8-4-16(24)5-9-18/h4-13H,14H2,1-3H3,(H,25,26). The van der Waals surface area contributed by atoms with E-state index in [1.54, 1.807) is 50.6 Å². The minimum Gasteiger partial charge on any atom is -0.493 e. The minimum atomic E-state index is -0.161. The molecular formula is C23H22BrNO5. The highest BCUT2D eigenvalue weighted by Gasteiger charge is 2.15. The molecule has 30 heavy (non-hydrogen) atoms. The van der Waals surface area contributed by atoms with Gasteiger partial charge in [-0.1, -0.05) is 15.9 Å². The molecule has 0 saturated carbocycles. The van der Waals surface area contributed by atoms with Crippen molar-refractivity contribution in [2.45, 2.75) is 6.42 Å². The second kappa shape index (κ2) is 10.0. The first-order chi connectivity index (χ1) is 14.5. The number of hydrogen-bond donors (Lipinski definition) is 1. The first kappa shape index (κ1) is 21.5. The molecule has 3 rings (SSSR count). The zero-order chi connectivity index (χ0) is 21.5. The van der Waals surface area contributed by atoms with E-state index in [2.05, 4.69) is 21.2 Å². The zero-order valence-corrected chi connectivity index (χ0v) is 18.5. The number of anilines is 1. The van der Waals surface area contributed by atoms with Gasteiger partial charge in [0.2, 0.25) is 11.7 Å². The van der Waals surface area contributed by atoms with Gasteiger partial charge in [-0.2, -0.15) is 0 Å². The van der Waals surface area contributed by atoms with Crippen molar-refractivity contribution >= 4 is 27.5 Å². The van der Waals surface area contributed by atoms with Crippen LogP contribution in [0.1, 0.15) is 5.56 Å². The summed E-state index contributed by atoms with van der Waals surface area (Å²) >= 11 is 3.39. The summed E-state index contributed by atoms with van der Waals surface area (Å²) < 4.78 is 22.8. The van der Waals surface area contributed by atoms with Crippen molar-refractivity contribution in [2.24, 2.45) is 0 Å². The van der Waals surface area contributed by atoms with E-state index in [0.29, 0.717) is 28.7 Å². The molecular weight excluding hydrogens is 450 g/mol. The van der Waals surface area contributed by atoms with E-state index < -0.39 is 0 Å². The van der Waals surface area contributed by atoms with Crippen LogP contribution >= 0.6 is 15.9 Å². The summed E-state index contributed by atoms with van der Waals surface area (Å²) in [6, 6.07) is 18.3. The highest BCUT2D eigenvalue weighted by molar-refractivity contribution is 9.10. The fourth-order valence-corrected chi connectivity index (χ4v) is 3.14. The first-order valence-electron chi connectivity index (χ1n) is 9.14. The highest BCUT2D eigenvalue weighted by atomic mass is 79.9. The summed E-state index contributed by atoms with van der Waals surface area (Å²) in [5.41, 5.74) is 1.42. The molecule has 0 spiro atoms. The zero-order valence-electron chi connectivity index (χ0n) is 16.9. The van der Waals surface area contributed by atoms with Gasteiger partial charge in [0.25, 0.3) is 0 Å². The summed E-state index contributed by atoms with van der Waals surface area (Å²) in [7, 11) is 4.62. The van der Waals surface area contributed by atoms with Crippen molar-refractivity contribution in [3.05, 3.63) is 70.7 Å². The van der Waals surface area contributed by atoms with Crippen molar-refractivity contribution in [2.75, 3.05) is 26.6 Å². The molecule has 3 aromatic rings. The number of carbonyl (C=O) groups is 1. The fraction of sp³-hybridized carbons (Fsp3) is 0.174. The van der Waals surface area contributed by atoms with E-state index in [-0.39, 0.29) is 12.3 Å². The Morgan fingerprint density at radius 3 is 1.87 bits per heavy atom. The molecule has 156 valence electrons. The van der Waals surface area contributed by atoms with Gasteiger partial charge in [0.1, 0.15) is 11.5 Å². The Bertz CT molecular complexity index is 978. The van der Waals surface area contributed by atoms with Gasteiger partial charge in [-0.05, 0) is 66.2 Å². The number of halogens is 1. The molecule has 0 radical (unpaired) electrons.